The molecule has 1 N–H and O–H groups in total. The van der Waals surface area contributed by atoms with Crippen molar-refractivity contribution in [3.8, 4) is 0 Å². The van der Waals surface area contributed by atoms with Crippen molar-refractivity contribution in [3.05, 3.63) is 0 Å². The van der Waals surface area contributed by atoms with Gasteiger partial charge in [0.2, 0.25) is 0 Å². The van der Waals surface area contributed by atoms with E-state index in [0.29, 0.717) is 23.4 Å². The normalized spacial score (nSPS) is 47.9. The summed E-state index contributed by atoms with van der Waals surface area (Å²) in [5, 5.41) is 10.9. The molecule has 0 bridgehead atoms. The average Bonchev–Trinajstić information content (AvgIpc) is 2.94. The van der Waals surface area contributed by atoms with Gasteiger partial charge in [0.1, 0.15) is 0 Å². The van der Waals surface area contributed by atoms with Crippen LogP contribution in [0.1, 0.15) is 85.5 Å². The minimum absolute atomic E-state index is 0.141. The maximum absolute atomic E-state index is 10.6. The average molecular weight is 393 g/mol. The summed E-state index contributed by atoms with van der Waals surface area (Å²) in [6.07, 6.45) is 12.1. The van der Waals surface area contributed by atoms with Crippen LogP contribution in [-0.2, 0) is 4.43 Å². The van der Waals surface area contributed by atoms with Crippen LogP contribution in [0.5, 0.6) is 0 Å². The third-order valence-electron chi connectivity index (χ3n) is 9.94. The quantitative estimate of drug-likeness (QED) is 0.552. The summed E-state index contributed by atoms with van der Waals surface area (Å²) in [6.45, 7) is 14.5. The lowest BCUT2D eigenvalue weighted by Crippen LogP contribution is -2.56. The van der Waals surface area contributed by atoms with Gasteiger partial charge in [0.05, 0.1) is 12.2 Å². The predicted octanol–water partition coefficient (Wildman–Crippen LogP) is 6.39. The van der Waals surface area contributed by atoms with Gasteiger partial charge >= 0.3 is 0 Å². The summed E-state index contributed by atoms with van der Waals surface area (Å²) in [6, 6.07) is 0. The van der Waals surface area contributed by atoms with E-state index in [0.717, 1.165) is 30.6 Å². The topological polar surface area (TPSA) is 29.5 Å². The summed E-state index contributed by atoms with van der Waals surface area (Å²) in [7, 11) is -1.81. The van der Waals surface area contributed by atoms with E-state index < -0.39 is 8.32 Å². The number of hydrogen-bond acceptors (Lipinski definition) is 2. The molecule has 0 amide bonds. The first-order valence-corrected chi connectivity index (χ1v) is 14.8. The van der Waals surface area contributed by atoms with Crippen LogP contribution in [0.4, 0.5) is 0 Å². The first kappa shape index (κ1) is 20.4. The Kier molecular flexibility index (Phi) is 5.17. The second-order valence-corrected chi connectivity index (χ2v) is 17.2. The standard InChI is InChI=1S/C24H44O2Si/c1-23(2,3)27(5,6)26-21-15-17(25)14-16-9-10-18-19(22(16)21)11-13-24(4)12-7-8-20(18)24/h16-22,25H,7-15H2,1-6H3/t16-,17+,18+,19-,20-,21?,22-,24-/m0/s1. The van der Waals surface area contributed by atoms with E-state index in [-0.39, 0.29) is 11.1 Å². The van der Waals surface area contributed by atoms with Crippen molar-refractivity contribution in [1.82, 2.24) is 0 Å². The molecule has 2 nitrogen and oxygen atoms in total. The molecule has 0 saturated heterocycles. The SMILES string of the molecule is CC(C)(C)[Si](C)(C)OC1C[C@H](O)C[C@@H]2CC[C@@H]3[C@H](CC[C@]4(C)CCC[C@@H]34)[C@@H]12. The fourth-order valence-electron chi connectivity index (χ4n) is 7.56. The molecule has 0 aromatic carbocycles. The van der Waals surface area contributed by atoms with Crippen LogP contribution < -0.4 is 0 Å². The molecule has 156 valence electrons. The van der Waals surface area contributed by atoms with Gasteiger partial charge in [0.15, 0.2) is 8.32 Å². The lowest BCUT2D eigenvalue weighted by atomic mass is 9.50. The number of fused-ring (bicyclic) bond motifs is 5. The van der Waals surface area contributed by atoms with Gasteiger partial charge in [-0.2, -0.15) is 0 Å². The molecule has 4 aliphatic rings. The minimum atomic E-state index is -1.81. The van der Waals surface area contributed by atoms with E-state index in [1.54, 1.807) is 0 Å². The van der Waals surface area contributed by atoms with Crippen molar-refractivity contribution in [3.63, 3.8) is 0 Å². The summed E-state index contributed by atoms with van der Waals surface area (Å²) in [5.74, 6) is 4.19. The van der Waals surface area contributed by atoms with Crippen LogP contribution in [0, 0.1) is 35.0 Å². The Labute approximate surface area is 169 Å². The molecule has 0 aromatic heterocycles. The second kappa shape index (κ2) is 6.84. The van der Waals surface area contributed by atoms with Gasteiger partial charge in [-0.1, -0.05) is 34.1 Å². The van der Waals surface area contributed by atoms with E-state index in [9.17, 15) is 5.11 Å². The molecule has 0 radical (unpaired) electrons. The molecule has 27 heavy (non-hydrogen) atoms. The van der Waals surface area contributed by atoms with Gasteiger partial charge in [-0.05, 0) is 105 Å². The predicted molar refractivity (Wildman–Crippen MR) is 115 cm³/mol. The third-order valence-corrected chi connectivity index (χ3v) is 14.4. The maximum atomic E-state index is 10.6. The summed E-state index contributed by atoms with van der Waals surface area (Å²) in [4.78, 5) is 0. The zero-order valence-corrected chi connectivity index (χ0v) is 19.8. The minimum Gasteiger partial charge on any atom is -0.414 e. The number of aliphatic hydroxyl groups excluding tert-OH is 1. The molecule has 0 aromatic rings. The highest BCUT2D eigenvalue weighted by Crippen LogP contribution is 2.63. The van der Waals surface area contributed by atoms with Crippen LogP contribution >= 0.6 is 0 Å². The molecular formula is C24H44O2Si. The Morgan fingerprint density at radius 3 is 2.41 bits per heavy atom. The number of aliphatic hydroxyl groups is 1. The van der Waals surface area contributed by atoms with Crippen molar-refractivity contribution in [2.75, 3.05) is 0 Å². The highest BCUT2D eigenvalue weighted by Gasteiger charge is 2.56. The molecule has 0 aliphatic heterocycles. The Balaban J connectivity index is 1.59. The molecule has 8 atom stereocenters. The van der Waals surface area contributed by atoms with Gasteiger partial charge in [0, 0.05) is 0 Å². The molecule has 3 heteroatoms. The van der Waals surface area contributed by atoms with Crippen LogP contribution in [0.2, 0.25) is 18.1 Å². The smallest absolute Gasteiger partial charge is 0.192 e. The largest absolute Gasteiger partial charge is 0.414 e. The lowest BCUT2D eigenvalue weighted by Gasteiger charge is -2.58. The molecule has 4 saturated carbocycles. The lowest BCUT2D eigenvalue weighted by molar-refractivity contribution is -0.116. The van der Waals surface area contributed by atoms with E-state index in [4.69, 9.17) is 4.43 Å². The van der Waals surface area contributed by atoms with Crippen LogP contribution in [-0.4, -0.2) is 25.6 Å². The van der Waals surface area contributed by atoms with Crippen molar-refractivity contribution in [2.45, 2.75) is 116 Å². The van der Waals surface area contributed by atoms with Gasteiger partial charge in [-0.15, -0.1) is 0 Å². The highest BCUT2D eigenvalue weighted by molar-refractivity contribution is 6.74. The summed E-state index contributed by atoms with van der Waals surface area (Å²) >= 11 is 0. The van der Waals surface area contributed by atoms with Crippen molar-refractivity contribution >= 4 is 8.32 Å². The number of rotatable bonds is 2. The number of hydrogen-bond donors (Lipinski definition) is 1. The van der Waals surface area contributed by atoms with E-state index in [1.165, 1.54) is 44.9 Å². The Hall–Kier alpha value is 0.137. The van der Waals surface area contributed by atoms with Crippen molar-refractivity contribution < 1.29 is 9.53 Å². The zero-order chi connectivity index (χ0) is 19.6. The molecule has 4 aliphatic carbocycles. The van der Waals surface area contributed by atoms with Crippen molar-refractivity contribution in [2.24, 2.45) is 35.0 Å². The summed E-state index contributed by atoms with van der Waals surface area (Å²) < 4.78 is 7.05. The van der Waals surface area contributed by atoms with E-state index in [1.807, 2.05) is 0 Å². The van der Waals surface area contributed by atoms with Crippen LogP contribution in [0.3, 0.4) is 0 Å². The van der Waals surface area contributed by atoms with Gasteiger partial charge in [0.25, 0.3) is 0 Å². The van der Waals surface area contributed by atoms with E-state index in [2.05, 4.69) is 40.8 Å². The zero-order valence-electron chi connectivity index (χ0n) is 18.8. The Morgan fingerprint density at radius 2 is 1.70 bits per heavy atom. The highest BCUT2D eigenvalue weighted by atomic mass is 28.4. The fraction of sp³-hybridized carbons (Fsp3) is 1.00. The first-order valence-electron chi connectivity index (χ1n) is 11.9. The third kappa shape index (κ3) is 3.48. The van der Waals surface area contributed by atoms with E-state index >= 15 is 0 Å². The maximum Gasteiger partial charge on any atom is 0.192 e. The van der Waals surface area contributed by atoms with Gasteiger partial charge in [-0.25, -0.2) is 0 Å². The molecule has 1 unspecified atom stereocenters. The molecule has 4 fully saturated rings. The fourth-order valence-corrected chi connectivity index (χ4v) is 8.92. The monoisotopic (exact) mass is 392 g/mol. The Morgan fingerprint density at radius 1 is 0.963 bits per heavy atom. The molecular weight excluding hydrogens is 348 g/mol. The van der Waals surface area contributed by atoms with Gasteiger partial charge < -0.3 is 9.53 Å². The van der Waals surface area contributed by atoms with Gasteiger partial charge in [-0.3, -0.25) is 0 Å². The summed E-state index contributed by atoms with van der Waals surface area (Å²) in [5.41, 5.74) is 0.637. The van der Waals surface area contributed by atoms with Crippen LogP contribution in [0.15, 0.2) is 0 Å². The Bertz CT molecular complexity index is 553. The molecule has 0 spiro atoms. The first-order chi connectivity index (χ1) is 12.5. The van der Waals surface area contributed by atoms with Crippen molar-refractivity contribution in [1.29, 1.82) is 0 Å². The molecule has 4 rings (SSSR count). The van der Waals surface area contributed by atoms with Crippen LogP contribution in [0.25, 0.3) is 0 Å². The second-order valence-electron chi connectivity index (χ2n) is 12.5. The molecule has 0 heterocycles.